The van der Waals surface area contributed by atoms with Crippen LogP contribution in [-0.4, -0.2) is 11.5 Å². The Labute approximate surface area is 130 Å². The van der Waals surface area contributed by atoms with Gasteiger partial charge in [0.15, 0.2) is 0 Å². The summed E-state index contributed by atoms with van der Waals surface area (Å²) in [6.45, 7) is 3.13. The van der Waals surface area contributed by atoms with Gasteiger partial charge in [-0.25, -0.2) is 0 Å². The van der Waals surface area contributed by atoms with E-state index in [4.69, 9.17) is 0 Å². The van der Waals surface area contributed by atoms with E-state index in [-0.39, 0.29) is 0 Å². The van der Waals surface area contributed by atoms with E-state index in [9.17, 15) is 0 Å². The minimum atomic E-state index is 0.323. The van der Waals surface area contributed by atoms with Crippen molar-refractivity contribution in [2.24, 2.45) is 0 Å². The van der Waals surface area contributed by atoms with E-state index in [0.29, 0.717) is 6.04 Å². The highest BCUT2D eigenvalue weighted by molar-refractivity contribution is 9.11. The Morgan fingerprint density at radius 2 is 1.89 bits per heavy atom. The zero-order chi connectivity index (χ0) is 13.7. The Balaban J connectivity index is 1.89. The Kier molecular flexibility index (Phi) is 5.55. The Hall–Kier alpha value is -0.710. The van der Waals surface area contributed by atoms with Crippen molar-refractivity contribution >= 4 is 31.9 Å². The average Bonchev–Trinajstić information content (AvgIpc) is 2.39. The Morgan fingerprint density at radius 1 is 1.16 bits per heavy atom. The van der Waals surface area contributed by atoms with Crippen LogP contribution in [0.5, 0.6) is 0 Å². The van der Waals surface area contributed by atoms with E-state index in [1.54, 1.807) is 0 Å². The number of halogens is 2. The predicted molar refractivity (Wildman–Crippen MR) is 86.2 cm³/mol. The monoisotopic (exact) mass is 382 g/mol. The fourth-order valence-corrected chi connectivity index (χ4v) is 3.34. The van der Waals surface area contributed by atoms with Crippen LogP contribution in [0.25, 0.3) is 0 Å². The first kappa shape index (κ1) is 14.7. The van der Waals surface area contributed by atoms with Crippen LogP contribution in [0, 0.1) is 0 Å². The number of rotatable bonds is 5. The topological polar surface area (TPSA) is 24.9 Å². The van der Waals surface area contributed by atoms with Gasteiger partial charge >= 0.3 is 0 Å². The predicted octanol–water partition coefficient (Wildman–Crippen LogP) is 4.50. The SMILES string of the molecule is CC(NCCc1ccncc1)c1ccc(Br)cc1Br. The van der Waals surface area contributed by atoms with Crippen molar-refractivity contribution in [2.75, 3.05) is 6.54 Å². The molecule has 0 bridgehead atoms. The van der Waals surface area contributed by atoms with Gasteiger partial charge in [-0.1, -0.05) is 37.9 Å². The van der Waals surface area contributed by atoms with Crippen molar-refractivity contribution in [3.8, 4) is 0 Å². The summed E-state index contributed by atoms with van der Waals surface area (Å²) in [5.41, 5.74) is 2.59. The molecule has 0 fully saturated rings. The molecule has 100 valence electrons. The lowest BCUT2D eigenvalue weighted by molar-refractivity contribution is 0.575. The number of benzene rings is 1. The molecule has 0 spiro atoms. The minimum Gasteiger partial charge on any atom is -0.310 e. The largest absolute Gasteiger partial charge is 0.310 e. The first-order chi connectivity index (χ1) is 9.16. The highest BCUT2D eigenvalue weighted by atomic mass is 79.9. The normalized spacial score (nSPS) is 12.4. The summed E-state index contributed by atoms with van der Waals surface area (Å²) in [5.74, 6) is 0. The van der Waals surface area contributed by atoms with Gasteiger partial charge in [0.05, 0.1) is 0 Å². The van der Waals surface area contributed by atoms with Gasteiger partial charge in [0, 0.05) is 27.4 Å². The van der Waals surface area contributed by atoms with Gasteiger partial charge in [0.1, 0.15) is 0 Å². The molecule has 1 atom stereocenters. The van der Waals surface area contributed by atoms with Crippen LogP contribution in [0.2, 0.25) is 0 Å². The van der Waals surface area contributed by atoms with E-state index in [1.807, 2.05) is 12.4 Å². The molecular formula is C15H16Br2N2. The van der Waals surface area contributed by atoms with Crippen molar-refractivity contribution in [3.05, 3.63) is 62.8 Å². The van der Waals surface area contributed by atoms with E-state index in [2.05, 4.69) is 79.4 Å². The van der Waals surface area contributed by atoms with Gasteiger partial charge < -0.3 is 5.32 Å². The number of hydrogen-bond donors (Lipinski definition) is 1. The Morgan fingerprint density at radius 3 is 2.58 bits per heavy atom. The minimum absolute atomic E-state index is 0.323. The molecule has 2 nitrogen and oxygen atoms in total. The second-order valence-corrected chi connectivity index (χ2v) is 6.22. The molecule has 0 aliphatic heterocycles. The van der Waals surface area contributed by atoms with Gasteiger partial charge in [0.2, 0.25) is 0 Å². The Bertz CT molecular complexity index is 529. The number of nitrogens with one attached hydrogen (secondary N) is 1. The molecule has 0 amide bonds. The molecule has 1 aromatic heterocycles. The van der Waals surface area contributed by atoms with Gasteiger partial charge in [-0.3, -0.25) is 4.98 Å². The van der Waals surface area contributed by atoms with Gasteiger partial charge in [0.25, 0.3) is 0 Å². The van der Waals surface area contributed by atoms with E-state index in [0.717, 1.165) is 21.9 Å². The molecular weight excluding hydrogens is 368 g/mol. The van der Waals surface area contributed by atoms with Crippen molar-refractivity contribution in [1.82, 2.24) is 10.3 Å². The molecule has 4 heteroatoms. The zero-order valence-corrected chi connectivity index (χ0v) is 13.9. The third-order valence-corrected chi connectivity index (χ3v) is 4.22. The van der Waals surface area contributed by atoms with E-state index in [1.165, 1.54) is 11.1 Å². The van der Waals surface area contributed by atoms with Crippen LogP contribution < -0.4 is 5.32 Å². The van der Waals surface area contributed by atoms with Crippen LogP contribution >= 0.6 is 31.9 Å². The molecule has 0 aliphatic rings. The molecule has 2 rings (SSSR count). The maximum absolute atomic E-state index is 4.02. The second kappa shape index (κ2) is 7.17. The quantitative estimate of drug-likeness (QED) is 0.822. The molecule has 19 heavy (non-hydrogen) atoms. The lowest BCUT2D eigenvalue weighted by Gasteiger charge is -2.16. The lowest BCUT2D eigenvalue weighted by atomic mass is 10.1. The standard InChI is InChI=1S/C15H16Br2N2/c1-11(14-3-2-13(16)10-15(14)17)19-9-6-12-4-7-18-8-5-12/h2-5,7-8,10-11,19H,6,9H2,1H3. The number of aromatic nitrogens is 1. The van der Waals surface area contributed by atoms with Crippen LogP contribution in [0.4, 0.5) is 0 Å². The lowest BCUT2D eigenvalue weighted by Crippen LogP contribution is -2.21. The zero-order valence-electron chi connectivity index (χ0n) is 10.7. The van der Waals surface area contributed by atoms with Gasteiger partial charge in [-0.05, 0) is 55.3 Å². The third kappa shape index (κ3) is 4.41. The molecule has 0 aliphatic carbocycles. The summed E-state index contributed by atoms with van der Waals surface area (Å²) in [7, 11) is 0. The first-order valence-corrected chi connectivity index (χ1v) is 7.82. The second-order valence-electron chi connectivity index (χ2n) is 4.45. The number of hydrogen-bond acceptors (Lipinski definition) is 2. The molecule has 1 heterocycles. The van der Waals surface area contributed by atoms with Gasteiger partial charge in [-0.2, -0.15) is 0 Å². The van der Waals surface area contributed by atoms with E-state index < -0.39 is 0 Å². The first-order valence-electron chi connectivity index (χ1n) is 6.24. The van der Waals surface area contributed by atoms with Crippen molar-refractivity contribution in [3.63, 3.8) is 0 Å². The fraction of sp³-hybridized carbons (Fsp3) is 0.267. The third-order valence-electron chi connectivity index (χ3n) is 3.04. The highest BCUT2D eigenvalue weighted by Crippen LogP contribution is 2.26. The molecule has 0 saturated heterocycles. The summed E-state index contributed by atoms with van der Waals surface area (Å²) in [4.78, 5) is 4.02. The van der Waals surface area contributed by atoms with Crippen LogP contribution in [-0.2, 0) is 6.42 Å². The van der Waals surface area contributed by atoms with Crippen molar-refractivity contribution in [2.45, 2.75) is 19.4 Å². The van der Waals surface area contributed by atoms with Gasteiger partial charge in [-0.15, -0.1) is 0 Å². The highest BCUT2D eigenvalue weighted by Gasteiger charge is 2.08. The smallest absolute Gasteiger partial charge is 0.0303 e. The fourth-order valence-electron chi connectivity index (χ4n) is 1.95. The summed E-state index contributed by atoms with van der Waals surface area (Å²) in [5, 5.41) is 3.54. The maximum atomic E-state index is 4.02. The van der Waals surface area contributed by atoms with Crippen LogP contribution in [0.3, 0.4) is 0 Å². The van der Waals surface area contributed by atoms with Crippen LogP contribution in [0.1, 0.15) is 24.1 Å². The summed E-state index contributed by atoms with van der Waals surface area (Å²) >= 11 is 7.08. The van der Waals surface area contributed by atoms with Crippen molar-refractivity contribution in [1.29, 1.82) is 0 Å². The number of pyridine rings is 1. The molecule has 1 aromatic carbocycles. The molecule has 1 N–H and O–H groups in total. The average molecular weight is 384 g/mol. The molecule has 1 unspecified atom stereocenters. The summed E-state index contributed by atoms with van der Waals surface area (Å²) < 4.78 is 2.22. The summed E-state index contributed by atoms with van der Waals surface area (Å²) in [6, 6.07) is 10.7. The maximum Gasteiger partial charge on any atom is 0.0303 e. The molecule has 0 saturated carbocycles. The summed E-state index contributed by atoms with van der Waals surface area (Å²) in [6.07, 6.45) is 4.69. The molecule has 0 radical (unpaired) electrons. The number of nitrogens with zero attached hydrogens (tertiary/aromatic N) is 1. The van der Waals surface area contributed by atoms with E-state index >= 15 is 0 Å². The van der Waals surface area contributed by atoms with Crippen LogP contribution in [0.15, 0.2) is 51.7 Å². The molecule has 2 aromatic rings. The van der Waals surface area contributed by atoms with Crippen molar-refractivity contribution < 1.29 is 0 Å².